The zero-order valence-corrected chi connectivity index (χ0v) is 9.15. The molecule has 0 saturated carbocycles. The van der Waals surface area contributed by atoms with Gasteiger partial charge in [-0.2, -0.15) is 0 Å². The molecule has 1 N–H and O–H groups in total. The van der Waals surface area contributed by atoms with E-state index in [1.54, 1.807) is 6.92 Å². The van der Waals surface area contributed by atoms with Gasteiger partial charge < -0.3 is 5.11 Å². The van der Waals surface area contributed by atoms with Gasteiger partial charge in [0.2, 0.25) is 0 Å². The maximum atomic E-state index is 9.37. The molecule has 0 radical (unpaired) electrons. The second-order valence-corrected chi connectivity index (χ2v) is 0.747. The van der Waals surface area contributed by atoms with E-state index in [2.05, 4.69) is 6.60 Å². The third kappa shape index (κ3) is 18.4. The molecule has 0 heterocycles. The van der Waals surface area contributed by atoms with Crippen LogP contribution in [0.15, 0.2) is 0 Å². The van der Waals surface area contributed by atoms with E-state index in [0.29, 0.717) is 0 Å². The van der Waals surface area contributed by atoms with E-state index in [1.807, 2.05) is 0 Å². The zero-order chi connectivity index (χ0) is 6.28. The SMILES string of the molecule is CCC(=O)O.[K][Br]. The first-order chi connectivity index (χ1) is 3.27. The first kappa shape index (κ1) is 11.4. The molecule has 38 valence electrons. The fraction of sp³-hybridized carbons (Fsp3) is 0.667. The van der Waals surface area contributed by atoms with Crippen molar-refractivity contribution in [3.05, 3.63) is 0 Å². The van der Waals surface area contributed by atoms with Gasteiger partial charge in [-0.3, -0.25) is 4.79 Å². The Balaban J connectivity index is 0. The monoisotopic (exact) mass is 192 g/mol. The Kier molecular flexibility index (Phi) is 17.2. The number of hydrogen-bond acceptors (Lipinski definition) is 1. The van der Waals surface area contributed by atoms with E-state index < -0.39 is 5.97 Å². The van der Waals surface area contributed by atoms with Gasteiger partial charge in [0.05, 0.1) is 0 Å². The van der Waals surface area contributed by atoms with E-state index in [4.69, 9.17) is 5.11 Å². The van der Waals surface area contributed by atoms with Gasteiger partial charge in [-0.15, -0.1) is 0 Å². The minimum atomic E-state index is -0.745. The molecule has 0 unspecified atom stereocenters. The fourth-order valence-electron chi connectivity index (χ4n) is 0. The summed E-state index contributed by atoms with van der Waals surface area (Å²) in [7, 11) is 0. The summed E-state index contributed by atoms with van der Waals surface area (Å²) >= 11 is 0.875. The van der Waals surface area contributed by atoms with E-state index in [-0.39, 0.29) is 6.42 Å². The molecule has 0 rings (SSSR count). The van der Waals surface area contributed by atoms with Crippen molar-refractivity contribution in [2.75, 3.05) is 0 Å². The van der Waals surface area contributed by atoms with Gasteiger partial charge in [-0.1, -0.05) is 6.92 Å². The van der Waals surface area contributed by atoms with Crippen LogP contribution in [0.25, 0.3) is 0 Å². The average Bonchev–Trinajstić information content (AvgIpc) is 1.73. The van der Waals surface area contributed by atoms with Crippen molar-refractivity contribution in [1.82, 2.24) is 0 Å². The Labute approximate surface area is 79.5 Å². The van der Waals surface area contributed by atoms with Crippen LogP contribution in [0.4, 0.5) is 0 Å². The van der Waals surface area contributed by atoms with Crippen LogP contribution in [0.5, 0.6) is 0 Å². The number of aliphatic carboxylic acids is 1. The summed E-state index contributed by atoms with van der Waals surface area (Å²) in [6.07, 6.45) is 0.222. The fourth-order valence-corrected chi connectivity index (χ4v) is 0. The molecule has 7 heavy (non-hydrogen) atoms. The second-order valence-electron chi connectivity index (χ2n) is 0.747. The molecular weight excluding hydrogens is 187 g/mol. The molecule has 0 aliphatic rings. The maximum absolute atomic E-state index is 9.37. The second kappa shape index (κ2) is 10.5. The molecule has 0 aliphatic carbocycles. The van der Waals surface area contributed by atoms with Crippen molar-refractivity contribution >= 4 is 58.0 Å². The number of hydrogen-bond donors (Lipinski definition) is 1. The van der Waals surface area contributed by atoms with Crippen molar-refractivity contribution < 1.29 is 9.90 Å². The minimum absolute atomic E-state index is 0.222. The van der Waals surface area contributed by atoms with Crippen LogP contribution in [0.3, 0.4) is 0 Å². The molecule has 0 aliphatic heterocycles. The van der Waals surface area contributed by atoms with Crippen LogP contribution in [-0.4, -0.2) is 56.5 Å². The van der Waals surface area contributed by atoms with Gasteiger partial charge in [0.1, 0.15) is 0 Å². The van der Waals surface area contributed by atoms with Gasteiger partial charge >= 0.3 is 58.0 Å². The predicted molar refractivity (Wildman–Crippen MR) is 32.6 cm³/mol. The molecular formula is C3H6BrKO2. The summed E-state index contributed by atoms with van der Waals surface area (Å²) in [4.78, 5) is 9.37. The van der Waals surface area contributed by atoms with Crippen LogP contribution in [-0.2, 0) is 4.79 Å². The molecule has 0 saturated heterocycles. The molecule has 0 aromatic rings. The van der Waals surface area contributed by atoms with Crippen molar-refractivity contribution in [2.45, 2.75) is 13.3 Å². The summed E-state index contributed by atoms with van der Waals surface area (Å²) < 4.78 is 0. The summed E-state index contributed by atoms with van der Waals surface area (Å²) in [6.45, 7) is 4.72. The first-order valence-electron chi connectivity index (χ1n) is 1.87. The molecule has 4 heteroatoms. The molecule has 0 aromatic heterocycles. The van der Waals surface area contributed by atoms with Crippen LogP contribution >= 0.6 is 6.60 Å². The van der Waals surface area contributed by atoms with Gasteiger partial charge in [-0.05, 0) is 0 Å². The molecule has 0 fully saturated rings. The summed E-state index contributed by atoms with van der Waals surface area (Å²) in [5.74, 6) is -0.745. The summed E-state index contributed by atoms with van der Waals surface area (Å²) in [5.41, 5.74) is 0. The Morgan fingerprint density at radius 2 is 2.00 bits per heavy atom. The number of carboxylic acids is 1. The summed E-state index contributed by atoms with van der Waals surface area (Å²) in [5, 5.41) is 7.72. The molecule has 0 spiro atoms. The Bertz CT molecular complexity index is 48.2. The molecule has 0 atom stereocenters. The topological polar surface area (TPSA) is 37.3 Å². The third-order valence-electron chi connectivity index (χ3n) is 0.302. The van der Waals surface area contributed by atoms with Crippen molar-refractivity contribution in [3.8, 4) is 0 Å². The normalized spacial score (nSPS) is 6.29. The number of carbonyl (C=O) groups is 1. The van der Waals surface area contributed by atoms with Gasteiger partial charge in [0, 0.05) is 6.42 Å². The van der Waals surface area contributed by atoms with Crippen LogP contribution in [0, 0.1) is 0 Å². The standard InChI is InChI=1S/C3H6O2.BrH.K/c1-2-3(4)5;;/h2H2,1H3,(H,4,5);1H;/q;;+1/p-1. The Morgan fingerprint density at radius 3 is 2.00 bits per heavy atom. The van der Waals surface area contributed by atoms with Crippen LogP contribution in [0.2, 0.25) is 0 Å². The van der Waals surface area contributed by atoms with E-state index >= 15 is 0 Å². The van der Waals surface area contributed by atoms with E-state index in [1.165, 1.54) is 0 Å². The Morgan fingerprint density at radius 1 is 1.86 bits per heavy atom. The zero-order valence-electron chi connectivity index (χ0n) is 4.44. The van der Waals surface area contributed by atoms with Crippen LogP contribution < -0.4 is 0 Å². The predicted octanol–water partition coefficient (Wildman–Crippen LogP) is 0.946. The summed E-state index contributed by atoms with van der Waals surface area (Å²) in [6, 6.07) is 0. The first-order valence-corrected chi connectivity index (χ1v) is 9.59. The molecule has 2 nitrogen and oxygen atoms in total. The number of halogens is 1. The van der Waals surface area contributed by atoms with Gasteiger partial charge in [-0.25, -0.2) is 0 Å². The Hall–Kier alpha value is 1.59. The average molecular weight is 193 g/mol. The molecule has 0 bridgehead atoms. The number of carboxylic acid groups (broad SMARTS) is 1. The van der Waals surface area contributed by atoms with Crippen molar-refractivity contribution in [2.24, 2.45) is 0 Å². The third-order valence-corrected chi connectivity index (χ3v) is 0.302. The van der Waals surface area contributed by atoms with E-state index in [0.717, 1.165) is 45.4 Å². The quantitative estimate of drug-likeness (QED) is 0.629. The van der Waals surface area contributed by atoms with Crippen LogP contribution in [0.1, 0.15) is 13.3 Å². The van der Waals surface area contributed by atoms with Crippen molar-refractivity contribution in [3.63, 3.8) is 0 Å². The van der Waals surface area contributed by atoms with Crippen molar-refractivity contribution in [1.29, 1.82) is 0 Å². The molecule has 0 amide bonds. The van der Waals surface area contributed by atoms with Gasteiger partial charge in [0.25, 0.3) is 0 Å². The number of rotatable bonds is 1. The van der Waals surface area contributed by atoms with E-state index in [9.17, 15) is 4.79 Å². The molecule has 0 aromatic carbocycles. The van der Waals surface area contributed by atoms with Gasteiger partial charge in [0.15, 0.2) is 0 Å².